The summed E-state index contributed by atoms with van der Waals surface area (Å²) in [6, 6.07) is 1.98. The number of halogens is 1. The van der Waals surface area contributed by atoms with Gasteiger partial charge in [0, 0.05) is 12.7 Å². The van der Waals surface area contributed by atoms with Gasteiger partial charge in [-0.25, -0.2) is 14.9 Å². The smallest absolute Gasteiger partial charge is 0.270 e. The Labute approximate surface area is 111 Å². The fourth-order valence-corrected chi connectivity index (χ4v) is 2.90. The van der Waals surface area contributed by atoms with Gasteiger partial charge in [0.1, 0.15) is 5.03 Å². The molecule has 0 aliphatic carbocycles. The van der Waals surface area contributed by atoms with E-state index >= 15 is 0 Å². The maximum atomic E-state index is 11.4. The molecule has 17 heavy (non-hydrogen) atoms. The first-order valence-corrected chi connectivity index (χ1v) is 6.68. The molecule has 2 heterocycles. The molecule has 1 N–H and O–H groups in total. The van der Waals surface area contributed by atoms with E-state index in [1.165, 1.54) is 11.8 Å². The van der Waals surface area contributed by atoms with Crippen molar-refractivity contribution in [3.8, 4) is 0 Å². The molecular weight excluding hydrogens is 304 g/mol. The van der Waals surface area contributed by atoms with E-state index in [1.54, 1.807) is 10.8 Å². The molecule has 0 aliphatic heterocycles. The maximum Gasteiger partial charge on any atom is 0.343 e. The zero-order chi connectivity index (χ0) is 12.4. The van der Waals surface area contributed by atoms with Gasteiger partial charge in [0.2, 0.25) is 0 Å². The van der Waals surface area contributed by atoms with E-state index in [2.05, 4.69) is 31.1 Å². The van der Waals surface area contributed by atoms with E-state index < -0.39 is 0 Å². The van der Waals surface area contributed by atoms with Gasteiger partial charge in [0.25, 0.3) is 0 Å². The Balaban J connectivity index is 2.34. The standard InChI is InChI=1S/C10H11BrN4OS/c1-3-15-9(16)13-14-10(15)17-8-7(11)4-6(2)5-12-8/h4-5H,3H2,1-2H3,(H,13,16). The van der Waals surface area contributed by atoms with Gasteiger partial charge in [0.15, 0.2) is 5.16 Å². The lowest BCUT2D eigenvalue weighted by atomic mass is 10.3. The van der Waals surface area contributed by atoms with E-state index in [1.807, 2.05) is 19.9 Å². The highest BCUT2D eigenvalue weighted by atomic mass is 79.9. The molecule has 0 aromatic carbocycles. The fourth-order valence-electron chi connectivity index (χ4n) is 1.34. The van der Waals surface area contributed by atoms with Gasteiger partial charge in [-0.05, 0) is 53.2 Å². The van der Waals surface area contributed by atoms with Gasteiger partial charge < -0.3 is 0 Å². The second kappa shape index (κ2) is 5.05. The molecule has 2 aromatic heterocycles. The Morgan fingerprint density at radius 1 is 1.59 bits per heavy atom. The summed E-state index contributed by atoms with van der Waals surface area (Å²) in [7, 11) is 0. The minimum absolute atomic E-state index is 0.196. The first kappa shape index (κ1) is 12.4. The topological polar surface area (TPSA) is 63.6 Å². The van der Waals surface area contributed by atoms with Crippen molar-refractivity contribution in [2.45, 2.75) is 30.6 Å². The van der Waals surface area contributed by atoms with Crippen molar-refractivity contribution >= 4 is 27.7 Å². The van der Waals surface area contributed by atoms with Crippen LogP contribution < -0.4 is 5.69 Å². The molecule has 0 aliphatic rings. The summed E-state index contributed by atoms with van der Waals surface area (Å²) in [6.07, 6.45) is 1.79. The van der Waals surface area contributed by atoms with Crippen LogP contribution in [0.1, 0.15) is 12.5 Å². The summed E-state index contributed by atoms with van der Waals surface area (Å²) in [6.45, 7) is 4.46. The number of H-pyrrole nitrogens is 1. The van der Waals surface area contributed by atoms with E-state index in [4.69, 9.17) is 0 Å². The van der Waals surface area contributed by atoms with Crippen LogP contribution in [-0.4, -0.2) is 19.7 Å². The highest BCUT2D eigenvalue weighted by Crippen LogP contribution is 2.30. The zero-order valence-electron chi connectivity index (χ0n) is 9.40. The van der Waals surface area contributed by atoms with Crippen LogP contribution in [0.3, 0.4) is 0 Å². The minimum atomic E-state index is -0.196. The quantitative estimate of drug-likeness (QED) is 0.943. The third kappa shape index (κ3) is 2.61. The number of hydrogen-bond donors (Lipinski definition) is 1. The molecule has 0 saturated heterocycles. The van der Waals surface area contributed by atoms with Crippen molar-refractivity contribution in [1.82, 2.24) is 19.7 Å². The lowest BCUT2D eigenvalue weighted by Crippen LogP contribution is -2.16. The summed E-state index contributed by atoms with van der Waals surface area (Å²) in [5.41, 5.74) is 0.884. The zero-order valence-corrected chi connectivity index (χ0v) is 11.8. The summed E-state index contributed by atoms with van der Waals surface area (Å²) in [5.74, 6) is 0. The monoisotopic (exact) mass is 314 g/mol. The van der Waals surface area contributed by atoms with Crippen molar-refractivity contribution in [3.05, 3.63) is 32.8 Å². The Hall–Kier alpha value is -1.08. The number of aromatic nitrogens is 4. The van der Waals surface area contributed by atoms with Crippen molar-refractivity contribution < 1.29 is 0 Å². The molecule has 0 spiro atoms. The molecule has 0 bridgehead atoms. The van der Waals surface area contributed by atoms with Gasteiger partial charge in [-0.2, -0.15) is 0 Å². The Bertz CT molecular complexity index is 592. The molecule has 0 fully saturated rings. The summed E-state index contributed by atoms with van der Waals surface area (Å²) < 4.78 is 2.47. The summed E-state index contributed by atoms with van der Waals surface area (Å²) in [5, 5.41) is 7.82. The first-order chi connectivity index (χ1) is 8.11. The SMILES string of the molecule is CCn1c(Sc2ncc(C)cc2Br)n[nH]c1=O. The number of pyridine rings is 1. The van der Waals surface area contributed by atoms with Crippen LogP contribution in [-0.2, 0) is 6.54 Å². The number of nitrogens with one attached hydrogen (secondary N) is 1. The molecule has 5 nitrogen and oxygen atoms in total. The van der Waals surface area contributed by atoms with Crippen LogP contribution >= 0.6 is 27.7 Å². The Morgan fingerprint density at radius 3 is 3.00 bits per heavy atom. The molecule has 90 valence electrons. The van der Waals surface area contributed by atoms with Crippen LogP contribution in [0.15, 0.2) is 31.7 Å². The highest BCUT2D eigenvalue weighted by molar-refractivity contribution is 9.10. The van der Waals surface area contributed by atoms with Crippen LogP contribution in [0.2, 0.25) is 0 Å². The molecule has 0 radical (unpaired) electrons. The van der Waals surface area contributed by atoms with E-state index in [0.717, 1.165) is 15.1 Å². The third-order valence-corrected chi connectivity index (χ3v) is 4.05. The van der Waals surface area contributed by atoms with Crippen LogP contribution in [0.5, 0.6) is 0 Å². The van der Waals surface area contributed by atoms with E-state index in [-0.39, 0.29) is 5.69 Å². The van der Waals surface area contributed by atoms with Crippen LogP contribution in [0.25, 0.3) is 0 Å². The summed E-state index contributed by atoms with van der Waals surface area (Å²) in [4.78, 5) is 15.7. The second-order valence-corrected chi connectivity index (χ2v) is 5.27. The number of aryl methyl sites for hydroxylation is 1. The normalized spacial score (nSPS) is 10.8. The highest BCUT2D eigenvalue weighted by Gasteiger charge is 2.11. The number of aromatic amines is 1. The second-order valence-electron chi connectivity index (χ2n) is 3.46. The molecule has 7 heteroatoms. The van der Waals surface area contributed by atoms with Gasteiger partial charge in [-0.15, -0.1) is 5.10 Å². The van der Waals surface area contributed by atoms with Gasteiger partial charge in [-0.1, -0.05) is 0 Å². The third-order valence-electron chi connectivity index (χ3n) is 2.17. The van der Waals surface area contributed by atoms with Crippen LogP contribution in [0, 0.1) is 6.92 Å². The first-order valence-electron chi connectivity index (χ1n) is 5.07. The average Bonchev–Trinajstić information content (AvgIpc) is 2.63. The van der Waals surface area contributed by atoms with Crippen molar-refractivity contribution in [2.24, 2.45) is 0 Å². The summed E-state index contributed by atoms with van der Waals surface area (Å²) >= 11 is 4.81. The fraction of sp³-hybridized carbons (Fsp3) is 0.300. The lowest BCUT2D eigenvalue weighted by molar-refractivity contribution is 0.660. The molecule has 2 rings (SSSR count). The van der Waals surface area contributed by atoms with Gasteiger partial charge >= 0.3 is 5.69 Å². The average molecular weight is 315 g/mol. The number of hydrogen-bond acceptors (Lipinski definition) is 4. The van der Waals surface area contributed by atoms with Crippen molar-refractivity contribution in [3.63, 3.8) is 0 Å². The molecular formula is C10H11BrN4OS. The van der Waals surface area contributed by atoms with Gasteiger partial charge in [-0.3, -0.25) is 4.57 Å². The predicted molar refractivity (Wildman–Crippen MR) is 69.3 cm³/mol. The molecule has 2 aromatic rings. The largest absolute Gasteiger partial charge is 0.343 e. The van der Waals surface area contributed by atoms with Gasteiger partial charge in [0.05, 0.1) is 4.47 Å². The Morgan fingerprint density at radius 2 is 2.35 bits per heavy atom. The predicted octanol–water partition coefficient (Wildman–Crippen LogP) is 2.21. The van der Waals surface area contributed by atoms with Crippen molar-refractivity contribution in [2.75, 3.05) is 0 Å². The number of nitrogens with zero attached hydrogens (tertiary/aromatic N) is 3. The number of rotatable bonds is 3. The maximum absolute atomic E-state index is 11.4. The Kier molecular flexibility index (Phi) is 3.68. The van der Waals surface area contributed by atoms with E-state index in [9.17, 15) is 4.79 Å². The molecule has 0 unspecified atom stereocenters. The van der Waals surface area contributed by atoms with Crippen LogP contribution in [0.4, 0.5) is 0 Å². The lowest BCUT2D eigenvalue weighted by Gasteiger charge is -2.04. The minimum Gasteiger partial charge on any atom is -0.270 e. The molecule has 0 saturated carbocycles. The molecule has 0 atom stereocenters. The molecule has 0 amide bonds. The van der Waals surface area contributed by atoms with E-state index in [0.29, 0.717) is 11.7 Å². The van der Waals surface area contributed by atoms with Crippen molar-refractivity contribution in [1.29, 1.82) is 0 Å².